The van der Waals surface area contributed by atoms with Gasteiger partial charge in [0, 0.05) is 17.3 Å². The predicted octanol–water partition coefficient (Wildman–Crippen LogP) is 3.42. The number of hydrogen-bond acceptors (Lipinski definition) is 10. The lowest BCUT2D eigenvalue weighted by atomic mass is 9.77. The van der Waals surface area contributed by atoms with Gasteiger partial charge in [-0.3, -0.25) is 10.1 Å². The van der Waals surface area contributed by atoms with Gasteiger partial charge in [-0.05, 0) is 29.3 Å². The molecule has 1 aliphatic rings. The van der Waals surface area contributed by atoms with E-state index in [-0.39, 0.29) is 36.8 Å². The molecule has 1 aliphatic heterocycles. The number of carboxylic acid groups (broad SMARTS) is 1. The lowest BCUT2D eigenvalue weighted by molar-refractivity contribution is -0.149. The molecule has 228 valence electrons. The third kappa shape index (κ3) is 5.79. The number of nitrogens with zero attached hydrogens (tertiary/aromatic N) is 3. The van der Waals surface area contributed by atoms with Gasteiger partial charge in [-0.1, -0.05) is 48.5 Å². The van der Waals surface area contributed by atoms with Crippen molar-refractivity contribution in [3.63, 3.8) is 0 Å². The first kappa shape index (κ1) is 30.1. The summed E-state index contributed by atoms with van der Waals surface area (Å²) in [5.41, 5.74) is 0.702. The number of benzene rings is 3. The standard InChI is InChI=1S/C32H32N4O8/c1-40-22-14-20(15-23(16-22)41-2)19-36-25-13-9-8-12-24(25)32(33-18-28(36)37,21-10-6-5-7-11-21)29(30(38)39)44-31-34-26(42-3)17-27(35-31)43-4/h5-17,29,33H,18-19H2,1-4H3,(H,38,39). The molecule has 1 aromatic heterocycles. The van der Waals surface area contributed by atoms with Gasteiger partial charge in [0.2, 0.25) is 23.8 Å². The Morgan fingerprint density at radius 3 is 2.09 bits per heavy atom. The molecular weight excluding hydrogens is 568 g/mol. The summed E-state index contributed by atoms with van der Waals surface area (Å²) in [6.07, 6.45) is -1.66. The number of fused-ring (bicyclic) bond motifs is 1. The molecule has 4 aromatic rings. The van der Waals surface area contributed by atoms with E-state index in [1.165, 1.54) is 20.3 Å². The molecule has 2 unspecified atom stereocenters. The van der Waals surface area contributed by atoms with Crippen molar-refractivity contribution in [1.29, 1.82) is 0 Å². The second kappa shape index (κ2) is 12.9. The molecule has 12 nitrogen and oxygen atoms in total. The maximum Gasteiger partial charge on any atom is 0.347 e. The normalized spacial score (nSPS) is 16.7. The number of aromatic nitrogens is 2. The van der Waals surface area contributed by atoms with E-state index in [0.29, 0.717) is 28.3 Å². The highest BCUT2D eigenvalue weighted by Gasteiger charge is 2.52. The number of ether oxygens (including phenoxy) is 5. The molecule has 5 rings (SSSR count). The number of carboxylic acids is 1. The van der Waals surface area contributed by atoms with Crippen molar-refractivity contribution in [1.82, 2.24) is 15.3 Å². The van der Waals surface area contributed by atoms with Crippen LogP contribution in [0.4, 0.5) is 5.69 Å². The van der Waals surface area contributed by atoms with E-state index in [9.17, 15) is 14.7 Å². The molecule has 0 aliphatic carbocycles. The number of hydrogen-bond donors (Lipinski definition) is 2. The van der Waals surface area contributed by atoms with E-state index in [1.807, 2.05) is 18.2 Å². The average molecular weight is 601 g/mol. The van der Waals surface area contributed by atoms with Crippen molar-refractivity contribution in [2.45, 2.75) is 18.2 Å². The first-order valence-electron chi connectivity index (χ1n) is 13.6. The minimum absolute atomic E-state index is 0.119. The SMILES string of the molecule is COc1cc(CN2C(=O)CNC(c3ccccc3)(C(Oc3nc(OC)cc(OC)n3)C(=O)O)c3ccccc32)cc(OC)c1. The van der Waals surface area contributed by atoms with E-state index in [0.717, 1.165) is 5.56 Å². The van der Waals surface area contributed by atoms with Gasteiger partial charge in [-0.25, -0.2) is 4.79 Å². The second-order valence-electron chi connectivity index (χ2n) is 9.82. The fourth-order valence-electron chi connectivity index (χ4n) is 5.31. The number of carbonyl (C=O) groups excluding carboxylic acids is 1. The average Bonchev–Trinajstić information content (AvgIpc) is 3.18. The van der Waals surface area contributed by atoms with E-state index in [4.69, 9.17) is 23.7 Å². The number of nitrogens with one attached hydrogen (secondary N) is 1. The van der Waals surface area contributed by atoms with Crippen molar-refractivity contribution in [3.8, 4) is 29.3 Å². The Hall–Kier alpha value is -5.36. The van der Waals surface area contributed by atoms with Gasteiger partial charge < -0.3 is 33.7 Å². The summed E-state index contributed by atoms with van der Waals surface area (Å²) in [4.78, 5) is 37.1. The second-order valence-corrected chi connectivity index (χ2v) is 9.82. The number of aliphatic carboxylic acids is 1. The van der Waals surface area contributed by atoms with Crippen LogP contribution in [0.5, 0.6) is 29.3 Å². The van der Waals surface area contributed by atoms with Crippen LogP contribution in [0.2, 0.25) is 0 Å². The number of rotatable bonds is 11. The van der Waals surface area contributed by atoms with Gasteiger partial charge in [-0.2, -0.15) is 9.97 Å². The number of methoxy groups -OCH3 is 4. The lowest BCUT2D eigenvalue weighted by Gasteiger charge is -2.39. The Morgan fingerprint density at radius 1 is 0.886 bits per heavy atom. The summed E-state index contributed by atoms with van der Waals surface area (Å²) in [5, 5.41) is 14.0. The first-order chi connectivity index (χ1) is 21.3. The molecule has 0 saturated heterocycles. The molecule has 2 atom stereocenters. The molecule has 2 heterocycles. The van der Waals surface area contributed by atoms with Crippen LogP contribution in [0.25, 0.3) is 0 Å². The number of carbonyl (C=O) groups is 2. The molecular formula is C32H32N4O8. The third-order valence-corrected chi connectivity index (χ3v) is 7.34. The zero-order chi connectivity index (χ0) is 31.3. The molecule has 1 amide bonds. The lowest BCUT2D eigenvalue weighted by Crippen LogP contribution is -2.58. The molecule has 0 saturated carbocycles. The monoisotopic (exact) mass is 600 g/mol. The smallest absolute Gasteiger partial charge is 0.347 e. The molecule has 0 bridgehead atoms. The summed E-state index contributed by atoms with van der Waals surface area (Å²) in [6, 6.07) is 22.6. The molecule has 2 N–H and O–H groups in total. The van der Waals surface area contributed by atoms with Crippen LogP contribution in [-0.2, 0) is 21.7 Å². The quantitative estimate of drug-likeness (QED) is 0.262. The van der Waals surface area contributed by atoms with Crippen molar-refractivity contribution in [2.24, 2.45) is 0 Å². The molecule has 3 aromatic carbocycles. The van der Waals surface area contributed by atoms with Crippen molar-refractivity contribution >= 4 is 17.6 Å². The van der Waals surface area contributed by atoms with Crippen LogP contribution in [0, 0.1) is 0 Å². The molecule has 0 spiro atoms. The molecule has 0 radical (unpaired) electrons. The zero-order valence-electron chi connectivity index (χ0n) is 24.6. The number of para-hydroxylation sites is 1. The Balaban J connectivity index is 1.70. The van der Waals surface area contributed by atoms with Crippen molar-refractivity contribution in [2.75, 3.05) is 39.9 Å². The van der Waals surface area contributed by atoms with E-state index >= 15 is 0 Å². The van der Waals surface area contributed by atoms with Gasteiger partial charge in [0.1, 0.15) is 17.0 Å². The number of anilines is 1. The van der Waals surface area contributed by atoms with Crippen LogP contribution in [0.1, 0.15) is 16.7 Å². The zero-order valence-corrected chi connectivity index (χ0v) is 24.6. The van der Waals surface area contributed by atoms with Crippen LogP contribution in [-0.4, -0.2) is 68.0 Å². The van der Waals surface area contributed by atoms with Crippen molar-refractivity contribution in [3.05, 3.63) is 95.6 Å². The fourth-order valence-corrected chi connectivity index (χ4v) is 5.31. The van der Waals surface area contributed by atoms with E-state index in [1.54, 1.807) is 73.7 Å². The summed E-state index contributed by atoms with van der Waals surface area (Å²) in [7, 11) is 5.92. The summed E-state index contributed by atoms with van der Waals surface area (Å²) in [5.74, 6) is -0.233. The number of amides is 1. The van der Waals surface area contributed by atoms with E-state index in [2.05, 4.69) is 15.3 Å². The maximum atomic E-state index is 13.9. The predicted molar refractivity (Wildman–Crippen MR) is 160 cm³/mol. The Bertz CT molecular complexity index is 1610. The minimum atomic E-state index is -1.66. The minimum Gasteiger partial charge on any atom is -0.497 e. The highest BCUT2D eigenvalue weighted by molar-refractivity contribution is 5.97. The van der Waals surface area contributed by atoms with Gasteiger partial charge in [0.15, 0.2) is 0 Å². The molecule has 0 fully saturated rings. The highest BCUT2D eigenvalue weighted by Crippen LogP contribution is 2.42. The Labute approximate surface area is 254 Å². The summed E-state index contributed by atoms with van der Waals surface area (Å²) < 4.78 is 27.5. The summed E-state index contributed by atoms with van der Waals surface area (Å²) in [6.45, 7) is -0.0646. The molecule has 44 heavy (non-hydrogen) atoms. The van der Waals surface area contributed by atoms with E-state index < -0.39 is 17.6 Å². The largest absolute Gasteiger partial charge is 0.497 e. The van der Waals surface area contributed by atoms with Gasteiger partial charge in [0.05, 0.1) is 47.6 Å². The van der Waals surface area contributed by atoms with Crippen LogP contribution < -0.4 is 33.9 Å². The van der Waals surface area contributed by atoms with Gasteiger partial charge in [0.25, 0.3) is 0 Å². The summed E-state index contributed by atoms with van der Waals surface area (Å²) >= 11 is 0. The topological polar surface area (TPSA) is 142 Å². The van der Waals surface area contributed by atoms with Gasteiger partial charge in [-0.15, -0.1) is 0 Å². The third-order valence-electron chi connectivity index (χ3n) is 7.34. The first-order valence-corrected chi connectivity index (χ1v) is 13.6. The fraction of sp³-hybridized carbons (Fsp3) is 0.250. The van der Waals surface area contributed by atoms with Gasteiger partial charge >= 0.3 is 12.0 Å². The van der Waals surface area contributed by atoms with Crippen LogP contribution >= 0.6 is 0 Å². The Kier molecular flexibility index (Phi) is 8.81. The Morgan fingerprint density at radius 2 is 1.50 bits per heavy atom. The van der Waals surface area contributed by atoms with Crippen LogP contribution in [0.15, 0.2) is 78.9 Å². The molecule has 12 heteroatoms. The maximum absolute atomic E-state index is 13.9. The highest BCUT2D eigenvalue weighted by atomic mass is 16.5. The van der Waals surface area contributed by atoms with Crippen molar-refractivity contribution < 1.29 is 38.4 Å². The van der Waals surface area contributed by atoms with Crippen LogP contribution in [0.3, 0.4) is 0 Å².